The van der Waals surface area contributed by atoms with E-state index in [1.165, 1.54) is 5.01 Å². The largest absolute Gasteiger partial charge is 0.497 e. The lowest BCUT2D eigenvalue weighted by molar-refractivity contribution is 0.0711. The van der Waals surface area contributed by atoms with Crippen LogP contribution in [0, 0.1) is 6.92 Å². The van der Waals surface area contributed by atoms with Gasteiger partial charge in [0, 0.05) is 18.1 Å². The van der Waals surface area contributed by atoms with Gasteiger partial charge in [0.2, 0.25) is 0 Å². The minimum absolute atomic E-state index is 0.235. The van der Waals surface area contributed by atoms with Crippen LogP contribution in [0.5, 0.6) is 11.5 Å². The van der Waals surface area contributed by atoms with Crippen molar-refractivity contribution >= 4 is 23.2 Å². The summed E-state index contributed by atoms with van der Waals surface area (Å²) in [5.74, 6) is 1.10. The molecule has 1 amide bonds. The SMILES string of the molecule is COc1cc(OC)cc(C2=NN(C(=O)c3ccccc3Cl)C(c3ccc(C)cc3)C2)c1. The van der Waals surface area contributed by atoms with Gasteiger partial charge in [0.05, 0.1) is 36.6 Å². The Morgan fingerprint density at radius 2 is 1.65 bits per heavy atom. The van der Waals surface area contributed by atoms with E-state index in [0.717, 1.165) is 22.4 Å². The van der Waals surface area contributed by atoms with E-state index in [0.29, 0.717) is 28.5 Å². The molecule has 0 aromatic heterocycles. The Labute approximate surface area is 186 Å². The minimum Gasteiger partial charge on any atom is -0.497 e. The number of amides is 1. The molecule has 0 N–H and O–H groups in total. The number of hydrogen-bond acceptors (Lipinski definition) is 4. The van der Waals surface area contributed by atoms with E-state index >= 15 is 0 Å². The van der Waals surface area contributed by atoms with Crippen molar-refractivity contribution in [3.8, 4) is 11.5 Å². The van der Waals surface area contributed by atoms with E-state index in [1.54, 1.807) is 38.5 Å². The Balaban J connectivity index is 1.78. The monoisotopic (exact) mass is 434 g/mol. The Bertz CT molecular complexity index is 1120. The fourth-order valence-corrected chi connectivity index (χ4v) is 3.87. The maximum absolute atomic E-state index is 13.4. The molecular weight excluding hydrogens is 412 g/mol. The molecule has 1 aliphatic heterocycles. The third-order valence-electron chi connectivity index (χ3n) is 5.37. The van der Waals surface area contributed by atoms with Crippen LogP contribution in [0.1, 0.15) is 39.5 Å². The summed E-state index contributed by atoms with van der Waals surface area (Å²) in [6.07, 6.45) is 0.565. The number of hydrogen-bond donors (Lipinski definition) is 0. The highest BCUT2D eigenvalue weighted by molar-refractivity contribution is 6.33. The van der Waals surface area contributed by atoms with E-state index in [9.17, 15) is 4.79 Å². The van der Waals surface area contributed by atoms with Crippen LogP contribution in [0.25, 0.3) is 0 Å². The number of aryl methyl sites for hydroxylation is 1. The summed E-state index contributed by atoms with van der Waals surface area (Å²) < 4.78 is 10.8. The molecule has 0 fully saturated rings. The second-order valence-corrected chi connectivity index (χ2v) is 7.82. The first kappa shape index (κ1) is 20.9. The molecule has 0 aliphatic carbocycles. The van der Waals surface area contributed by atoms with Crippen LogP contribution in [0.4, 0.5) is 0 Å². The van der Waals surface area contributed by atoms with E-state index < -0.39 is 0 Å². The van der Waals surface area contributed by atoms with E-state index in [1.807, 2.05) is 49.4 Å². The second kappa shape index (κ2) is 8.82. The standard InChI is InChI=1S/C25H23ClN2O3/c1-16-8-10-17(11-9-16)24-15-23(18-12-19(30-2)14-20(13-18)31-3)27-28(24)25(29)21-6-4-5-7-22(21)26/h4-14,24H,15H2,1-3H3. The molecule has 158 valence electrons. The Hall–Kier alpha value is -3.31. The summed E-state index contributed by atoms with van der Waals surface area (Å²) in [6, 6.07) is 20.6. The van der Waals surface area contributed by atoms with Crippen molar-refractivity contribution in [2.45, 2.75) is 19.4 Å². The number of nitrogens with zero attached hydrogens (tertiary/aromatic N) is 2. The number of methoxy groups -OCH3 is 2. The van der Waals surface area contributed by atoms with Gasteiger partial charge in [0.15, 0.2) is 0 Å². The third kappa shape index (κ3) is 4.28. The first-order chi connectivity index (χ1) is 15.0. The number of ether oxygens (including phenoxy) is 2. The minimum atomic E-state index is -0.239. The molecule has 0 saturated carbocycles. The molecule has 0 spiro atoms. The molecule has 31 heavy (non-hydrogen) atoms. The molecule has 5 nitrogen and oxygen atoms in total. The number of carbonyl (C=O) groups excluding carboxylic acids is 1. The summed E-state index contributed by atoms with van der Waals surface area (Å²) in [7, 11) is 3.22. The lowest BCUT2D eigenvalue weighted by atomic mass is 9.97. The van der Waals surface area contributed by atoms with Gasteiger partial charge < -0.3 is 9.47 Å². The summed E-state index contributed by atoms with van der Waals surface area (Å²) in [5.41, 5.74) is 4.23. The van der Waals surface area contributed by atoms with Crippen molar-refractivity contribution in [3.05, 3.63) is 94.0 Å². The molecule has 1 atom stereocenters. The summed E-state index contributed by atoms with van der Waals surface area (Å²) >= 11 is 6.32. The molecule has 3 aromatic rings. The predicted octanol–water partition coefficient (Wildman–Crippen LogP) is 5.66. The normalized spacial score (nSPS) is 15.5. The van der Waals surface area contributed by atoms with Gasteiger partial charge >= 0.3 is 0 Å². The Kier molecular flexibility index (Phi) is 5.96. The molecule has 1 heterocycles. The quantitative estimate of drug-likeness (QED) is 0.520. The highest BCUT2D eigenvalue weighted by Gasteiger charge is 2.34. The van der Waals surface area contributed by atoms with Gasteiger partial charge in [-0.25, -0.2) is 5.01 Å². The average molecular weight is 435 g/mol. The Morgan fingerprint density at radius 1 is 1.00 bits per heavy atom. The van der Waals surface area contributed by atoms with Crippen LogP contribution in [-0.4, -0.2) is 30.8 Å². The summed E-state index contributed by atoms with van der Waals surface area (Å²) in [5, 5.41) is 6.68. The van der Waals surface area contributed by atoms with Gasteiger partial charge in [-0.1, -0.05) is 53.6 Å². The first-order valence-corrected chi connectivity index (χ1v) is 10.3. The molecule has 1 unspecified atom stereocenters. The van der Waals surface area contributed by atoms with Crippen LogP contribution in [0.15, 0.2) is 71.8 Å². The van der Waals surface area contributed by atoms with Crippen LogP contribution in [0.3, 0.4) is 0 Å². The van der Waals surface area contributed by atoms with E-state index in [-0.39, 0.29) is 11.9 Å². The van der Waals surface area contributed by atoms with Crippen molar-refractivity contribution in [2.24, 2.45) is 5.10 Å². The van der Waals surface area contributed by atoms with Gasteiger partial charge in [-0.2, -0.15) is 5.10 Å². The van der Waals surface area contributed by atoms with E-state index in [2.05, 4.69) is 0 Å². The van der Waals surface area contributed by atoms with Crippen LogP contribution in [0.2, 0.25) is 5.02 Å². The number of hydrazone groups is 1. The highest BCUT2D eigenvalue weighted by atomic mass is 35.5. The highest BCUT2D eigenvalue weighted by Crippen LogP contribution is 2.36. The van der Waals surface area contributed by atoms with Crippen LogP contribution in [-0.2, 0) is 0 Å². The number of halogens is 1. The fourth-order valence-electron chi connectivity index (χ4n) is 3.65. The molecule has 0 bridgehead atoms. The molecule has 1 aliphatic rings. The van der Waals surface area contributed by atoms with Crippen LogP contribution < -0.4 is 9.47 Å². The molecule has 0 saturated heterocycles. The fraction of sp³-hybridized carbons (Fsp3) is 0.200. The summed E-state index contributed by atoms with van der Waals surface area (Å²) in [6.45, 7) is 2.04. The first-order valence-electron chi connectivity index (χ1n) is 9.95. The number of benzene rings is 3. The predicted molar refractivity (Wildman–Crippen MR) is 122 cm³/mol. The van der Waals surface area contributed by atoms with E-state index in [4.69, 9.17) is 26.2 Å². The van der Waals surface area contributed by atoms with Crippen molar-refractivity contribution < 1.29 is 14.3 Å². The number of carbonyl (C=O) groups is 1. The molecule has 6 heteroatoms. The van der Waals surface area contributed by atoms with Crippen molar-refractivity contribution in [1.29, 1.82) is 0 Å². The van der Waals surface area contributed by atoms with Crippen molar-refractivity contribution in [2.75, 3.05) is 14.2 Å². The van der Waals surface area contributed by atoms with Gasteiger partial charge in [-0.15, -0.1) is 0 Å². The maximum atomic E-state index is 13.4. The second-order valence-electron chi connectivity index (χ2n) is 7.41. The molecular formula is C25H23ClN2O3. The lowest BCUT2D eigenvalue weighted by Crippen LogP contribution is -2.27. The van der Waals surface area contributed by atoms with Gasteiger partial charge in [0.1, 0.15) is 11.5 Å². The average Bonchev–Trinajstić information content (AvgIpc) is 3.24. The third-order valence-corrected chi connectivity index (χ3v) is 5.70. The van der Waals surface area contributed by atoms with Gasteiger partial charge in [-0.3, -0.25) is 4.79 Å². The zero-order valence-electron chi connectivity index (χ0n) is 17.6. The number of rotatable bonds is 5. The van der Waals surface area contributed by atoms with Crippen molar-refractivity contribution in [3.63, 3.8) is 0 Å². The van der Waals surface area contributed by atoms with Crippen molar-refractivity contribution in [1.82, 2.24) is 5.01 Å². The van der Waals surface area contributed by atoms with Gasteiger partial charge in [0.25, 0.3) is 5.91 Å². The summed E-state index contributed by atoms with van der Waals surface area (Å²) in [4.78, 5) is 13.4. The Morgan fingerprint density at radius 3 is 2.26 bits per heavy atom. The molecule has 3 aromatic carbocycles. The van der Waals surface area contributed by atoms with Crippen LogP contribution >= 0.6 is 11.6 Å². The molecule has 4 rings (SSSR count). The van der Waals surface area contributed by atoms with Gasteiger partial charge in [-0.05, 0) is 36.8 Å². The smallest absolute Gasteiger partial charge is 0.276 e. The zero-order valence-corrected chi connectivity index (χ0v) is 18.4. The molecule has 0 radical (unpaired) electrons. The maximum Gasteiger partial charge on any atom is 0.276 e. The lowest BCUT2D eigenvalue weighted by Gasteiger charge is -2.22. The topological polar surface area (TPSA) is 51.1 Å². The zero-order chi connectivity index (χ0) is 22.0.